The number of fused-ring (bicyclic) bond motifs is 1. The number of hydrogen-bond acceptors (Lipinski definition) is 4. The molecule has 1 aliphatic heterocycles. The molecule has 1 aromatic heterocycles. The monoisotopic (exact) mass is 373 g/mol. The van der Waals surface area contributed by atoms with E-state index >= 15 is 0 Å². The molecular formula is C20H27N3O2S. The molecule has 140 valence electrons. The third kappa shape index (κ3) is 4.41. The van der Waals surface area contributed by atoms with E-state index in [4.69, 9.17) is 4.98 Å². The van der Waals surface area contributed by atoms with Crippen LogP contribution in [0.15, 0.2) is 24.3 Å². The number of hydrogen-bond donors (Lipinski definition) is 1. The van der Waals surface area contributed by atoms with E-state index in [-0.39, 0.29) is 11.8 Å². The Morgan fingerprint density at radius 2 is 1.92 bits per heavy atom. The molecule has 0 radical (unpaired) electrons. The summed E-state index contributed by atoms with van der Waals surface area (Å²) in [7, 11) is 0. The zero-order valence-electron chi connectivity index (χ0n) is 15.7. The molecule has 0 saturated carbocycles. The van der Waals surface area contributed by atoms with E-state index in [1.807, 2.05) is 37.8 Å². The van der Waals surface area contributed by atoms with Crippen molar-refractivity contribution in [1.82, 2.24) is 15.2 Å². The first-order valence-electron chi connectivity index (χ1n) is 9.26. The van der Waals surface area contributed by atoms with Gasteiger partial charge in [-0.25, -0.2) is 4.98 Å². The van der Waals surface area contributed by atoms with E-state index in [1.54, 1.807) is 11.3 Å². The fraction of sp³-hybridized carbons (Fsp3) is 0.550. The molecule has 3 rings (SSSR count). The van der Waals surface area contributed by atoms with Crippen LogP contribution in [0, 0.1) is 5.41 Å². The number of para-hydroxylation sites is 1. The van der Waals surface area contributed by atoms with Gasteiger partial charge in [0.05, 0.1) is 15.2 Å². The van der Waals surface area contributed by atoms with Gasteiger partial charge in [0, 0.05) is 37.4 Å². The lowest BCUT2D eigenvalue weighted by Crippen LogP contribution is -2.41. The Bertz CT molecular complexity index is 753. The maximum Gasteiger partial charge on any atom is 0.225 e. The molecule has 0 atom stereocenters. The Morgan fingerprint density at radius 3 is 2.58 bits per heavy atom. The van der Waals surface area contributed by atoms with Crippen molar-refractivity contribution in [2.75, 3.05) is 19.6 Å². The highest BCUT2D eigenvalue weighted by Gasteiger charge is 2.26. The number of likely N-dealkylation sites (tertiary alicyclic amines) is 1. The van der Waals surface area contributed by atoms with Crippen LogP contribution >= 0.6 is 11.3 Å². The lowest BCUT2D eigenvalue weighted by Gasteiger charge is -2.31. The number of nitrogens with one attached hydrogen (secondary N) is 1. The van der Waals surface area contributed by atoms with Crippen molar-refractivity contribution in [3.05, 3.63) is 29.3 Å². The third-order valence-corrected chi connectivity index (χ3v) is 6.01. The van der Waals surface area contributed by atoms with Crippen molar-refractivity contribution in [2.45, 2.75) is 46.0 Å². The van der Waals surface area contributed by atoms with E-state index in [0.29, 0.717) is 18.9 Å². The number of benzene rings is 1. The summed E-state index contributed by atoms with van der Waals surface area (Å²) >= 11 is 1.77. The lowest BCUT2D eigenvalue weighted by molar-refractivity contribution is -0.132. The molecule has 0 spiro atoms. The van der Waals surface area contributed by atoms with Crippen LogP contribution in [0.3, 0.4) is 0 Å². The lowest BCUT2D eigenvalue weighted by atomic mass is 9.95. The van der Waals surface area contributed by atoms with Crippen LogP contribution in [-0.2, 0) is 9.59 Å². The van der Waals surface area contributed by atoms with E-state index in [9.17, 15) is 9.59 Å². The average molecular weight is 374 g/mol. The van der Waals surface area contributed by atoms with Crippen LogP contribution in [0.2, 0.25) is 0 Å². The number of nitrogens with zero attached hydrogens (tertiary/aromatic N) is 2. The van der Waals surface area contributed by atoms with Gasteiger partial charge in [0.25, 0.3) is 0 Å². The van der Waals surface area contributed by atoms with E-state index < -0.39 is 5.41 Å². The van der Waals surface area contributed by atoms with Gasteiger partial charge in [0.2, 0.25) is 11.8 Å². The summed E-state index contributed by atoms with van der Waals surface area (Å²) in [6, 6.07) is 8.23. The SMILES string of the molecule is CC(C)(C)C(=O)NCCC(=O)N1CCC(c2nc3ccccc3s2)CC1. The van der Waals surface area contributed by atoms with Crippen LogP contribution in [0.5, 0.6) is 0 Å². The van der Waals surface area contributed by atoms with E-state index in [1.165, 1.54) is 9.71 Å². The summed E-state index contributed by atoms with van der Waals surface area (Å²) in [6.07, 6.45) is 2.29. The van der Waals surface area contributed by atoms with Crippen molar-refractivity contribution in [2.24, 2.45) is 5.41 Å². The first-order valence-corrected chi connectivity index (χ1v) is 10.1. The summed E-state index contributed by atoms with van der Waals surface area (Å²) in [5, 5.41) is 4.04. The quantitative estimate of drug-likeness (QED) is 0.891. The van der Waals surface area contributed by atoms with Crippen LogP contribution in [0.25, 0.3) is 10.2 Å². The molecule has 0 bridgehead atoms. The van der Waals surface area contributed by atoms with E-state index in [0.717, 1.165) is 31.4 Å². The normalized spacial score (nSPS) is 16.0. The molecule has 1 aromatic carbocycles. The molecule has 2 heterocycles. The molecule has 1 aliphatic rings. The minimum atomic E-state index is -0.418. The summed E-state index contributed by atoms with van der Waals surface area (Å²) in [6.45, 7) is 7.57. The highest BCUT2D eigenvalue weighted by atomic mass is 32.1. The number of thiazole rings is 1. The Kier molecular flexibility index (Phi) is 5.61. The topological polar surface area (TPSA) is 62.3 Å². The largest absolute Gasteiger partial charge is 0.355 e. The number of carbonyl (C=O) groups is 2. The molecule has 0 aliphatic carbocycles. The van der Waals surface area contributed by atoms with Crippen LogP contribution < -0.4 is 5.32 Å². The van der Waals surface area contributed by atoms with Crippen molar-refractivity contribution in [1.29, 1.82) is 0 Å². The second kappa shape index (κ2) is 7.74. The van der Waals surface area contributed by atoms with E-state index in [2.05, 4.69) is 17.4 Å². The maximum atomic E-state index is 12.4. The van der Waals surface area contributed by atoms with Gasteiger partial charge in [-0.15, -0.1) is 11.3 Å². The number of amides is 2. The standard InChI is InChI=1S/C20H27N3O2S/c1-20(2,3)19(25)21-11-8-17(24)23-12-9-14(10-13-23)18-22-15-6-4-5-7-16(15)26-18/h4-7,14H,8-13H2,1-3H3,(H,21,25). The molecule has 5 nitrogen and oxygen atoms in total. The fourth-order valence-electron chi connectivity index (χ4n) is 3.15. The van der Waals surface area contributed by atoms with Crippen molar-refractivity contribution in [3.63, 3.8) is 0 Å². The number of carbonyl (C=O) groups excluding carboxylic acids is 2. The van der Waals surface area contributed by atoms with Gasteiger partial charge >= 0.3 is 0 Å². The van der Waals surface area contributed by atoms with Gasteiger partial charge < -0.3 is 10.2 Å². The maximum absolute atomic E-state index is 12.4. The average Bonchev–Trinajstić information content (AvgIpc) is 3.05. The van der Waals surface area contributed by atoms with Gasteiger partial charge in [-0.3, -0.25) is 9.59 Å². The van der Waals surface area contributed by atoms with Crippen LogP contribution in [0.4, 0.5) is 0 Å². The van der Waals surface area contributed by atoms with Gasteiger partial charge in [0.15, 0.2) is 0 Å². The molecule has 0 unspecified atom stereocenters. The highest BCUT2D eigenvalue weighted by Crippen LogP contribution is 2.33. The van der Waals surface area contributed by atoms with Crippen molar-refractivity contribution in [3.8, 4) is 0 Å². The first-order chi connectivity index (χ1) is 12.3. The minimum Gasteiger partial charge on any atom is -0.355 e. The summed E-state index contributed by atoms with van der Waals surface area (Å²) in [5.74, 6) is 0.554. The zero-order valence-corrected chi connectivity index (χ0v) is 16.6. The smallest absolute Gasteiger partial charge is 0.225 e. The van der Waals surface area contributed by atoms with Crippen LogP contribution in [0.1, 0.15) is 51.0 Å². The predicted molar refractivity (Wildman–Crippen MR) is 105 cm³/mol. The molecule has 1 saturated heterocycles. The molecule has 1 fully saturated rings. The van der Waals surface area contributed by atoms with Crippen molar-refractivity contribution >= 4 is 33.4 Å². The van der Waals surface area contributed by atoms with Gasteiger partial charge in [0.1, 0.15) is 0 Å². The predicted octanol–water partition coefficient (Wildman–Crippen LogP) is 3.55. The number of rotatable bonds is 4. The first kappa shape index (κ1) is 18.8. The Labute approximate surface area is 158 Å². The molecule has 1 N–H and O–H groups in total. The fourth-order valence-corrected chi connectivity index (χ4v) is 4.28. The molecule has 2 amide bonds. The summed E-state index contributed by atoms with van der Waals surface area (Å²) in [5.41, 5.74) is 0.652. The summed E-state index contributed by atoms with van der Waals surface area (Å²) < 4.78 is 1.23. The highest BCUT2D eigenvalue weighted by molar-refractivity contribution is 7.18. The Hall–Kier alpha value is -1.95. The Morgan fingerprint density at radius 1 is 1.23 bits per heavy atom. The zero-order chi connectivity index (χ0) is 18.7. The van der Waals surface area contributed by atoms with Crippen molar-refractivity contribution < 1.29 is 9.59 Å². The third-order valence-electron chi connectivity index (χ3n) is 4.81. The molecule has 6 heteroatoms. The second-order valence-electron chi connectivity index (χ2n) is 7.93. The van der Waals surface area contributed by atoms with Gasteiger partial charge in [-0.05, 0) is 25.0 Å². The Balaban J connectivity index is 1.47. The van der Waals surface area contributed by atoms with Gasteiger partial charge in [-0.2, -0.15) is 0 Å². The molecule has 2 aromatic rings. The minimum absolute atomic E-state index is 0.0140. The second-order valence-corrected chi connectivity index (χ2v) is 8.99. The molecular weight excluding hydrogens is 346 g/mol. The number of piperidine rings is 1. The summed E-state index contributed by atoms with van der Waals surface area (Å²) in [4.78, 5) is 30.9. The molecule has 26 heavy (non-hydrogen) atoms. The van der Waals surface area contributed by atoms with Gasteiger partial charge in [-0.1, -0.05) is 32.9 Å². The van der Waals surface area contributed by atoms with Crippen LogP contribution in [-0.4, -0.2) is 41.3 Å². The number of aromatic nitrogens is 1.